The Labute approximate surface area is 158 Å². The average molecular weight is 396 g/mol. The molecule has 1 fully saturated rings. The highest BCUT2D eigenvalue weighted by molar-refractivity contribution is 7.92. The number of piperidine rings is 1. The molecule has 0 spiro atoms. The molecule has 148 valence electrons. The van der Waals surface area contributed by atoms with E-state index in [1.807, 2.05) is 0 Å². The first-order valence-corrected chi connectivity index (χ1v) is 10.6. The van der Waals surface area contributed by atoms with Gasteiger partial charge in [-0.05, 0) is 43.0 Å². The summed E-state index contributed by atoms with van der Waals surface area (Å²) in [4.78, 5) is 26.3. The second kappa shape index (κ2) is 7.12. The lowest BCUT2D eigenvalue weighted by molar-refractivity contribution is -0.155. The van der Waals surface area contributed by atoms with Crippen LogP contribution in [0.2, 0.25) is 0 Å². The van der Waals surface area contributed by atoms with Gasteiger partial charge in [-0.1, -0.05) is 0 Å². The van der Waals surface area contributed by atoms with Crippen molar-refractivity contribution >= 4 is 27.6 Å². The summed E-state index contributed by atoms with van der Waals surface area (Å²) in [6.07, 6.45) is 2.77. The number of carboxylic acid groups (broad SMARTS) is 1. The first-order valence-electron chi connectivity index (χ1n) is 8.80. The maximum atomic E-state index is 13.0. The smallest absolute Gasteiger partial charge is 0.313 e. The molecule has 1 amide bonds. The third kappa shape index (κ3) is 3.66. The van der Waals surface area contributed by atoms with Crippen molar-refractivity contribution in [3.63, 3.8) is 0 Å². The minimum absolute atomic E-state index is 0.0552. The lowest BCUT2D eigenvalue weighted by Gasteiger charge is -2.39. The second-order valence-corrected chi connectivity index (χ2v) is 9.18. The van der Waals surface area contributed by atoms with Gasteiger partial charge in [0.2, 0.25) is 10.0 Å². The van der Waals surface area contributed by atoms with Crippen LogP contribution in [-0.4, -0.2) is 69.9 Å². The summed E-state index contributed by atoms with van der Waals surface area (Å²) >= 11 is 0. The van der Waals surface area contributed by atoms with Crippen molar-refractivity contribution in [1.82, 2.24) is 4.90 Å². The van der Waals surface area contributed by atoms with Crippen LogP contribution >= 0.6 is 0 Å². The maximum Gasteiger partial charge on any atom is 0.313 e. The number of nitrogens with zero attached hydrogens (tertiary/aromatic N) is 2. The fraction of sp³-hybridized carbons (Fsp3) is 0.556. The number of ether oxygens (including phenoxy) is 1. The number of amides is 1. The minimum atomic E-state index is -3.34. The van der Waals surface area contributed by atoms with Gasteiger partial charge in [-0.25, -0.2) is 8.42 Å². The van der Waals surface area contributed by atoms with Crippen molar-refractivity contribution < 1.29 is 27.9 Å². The number of hydrogen-bond acceptors (Lipinski definition) is 5. The Hall–Kier alpha value is -2.13. The first kappa shape index (κ1) is 19.6. The fourth-order valence-corrected chi connectivity index (χ4v) is 4.93. The number of methoxy groups -OCH3 is 1. The predicted octanol–water partition coefficient (Wildman–Crippen LogP) is 0.962. The summed E-state index contributed by atoms with van der Waals surface area (Å²) in [6.45, 7) is 1.01. The van der Waals surface area contributed by atoms with Gasteiger partial charge in [0.15, 0.2) is 0 Å². The Morgan fingerprint density at radius 1 is 1.30 bits per heavy atom. The van der Waals surface area contributed by atoms with Crippen LogP contribution in [0.4, 0.5) is 5.69 Å². The number of carbonyl (C=O) groups is 2. The Balaban J connectivity index is 1.83. The summed E-state index contributed by atoms with van der Waals surface area (Å²) in [5.74, 6) is -1.20. The van der Waals surface area contributed by atoms with E-state index in [-0.39, 0.29) is 19.1 Å². The number of benzene rings is 1. The quantitative estimate of drug-likeness (QED) is 0.795. The van der Waals surface area contributed by atoms with Crippen LogP contribution in [0.1, 0.15) is 28.8 Å². The molecule has 1 unspecified atom stereocenters. The van der Waals surface area contributed by atoms with Crippen LogP contribution in [0.15, 0.2) is 18.2 Å². The van der Waals surface area contributed by atoms with E-state index in [1.165, 1.54) is 11.4 Å². The molecule has 1 atom stereocenters. The Bertz CT molecular complexity index is 865. The van der Waals surface area contributed by atoms with Gasteiger partial charge in [0.05, 0.1) is 18.6 Å². The lowest BCUT2D eigenvalue weighted by Crippen LogP contribution is -2.52. The molecule has 9 heteroatoms. The molecular formula is C18H24N2O6S. The van der Waals surface area contributed by atoms with E-state index in [4.69, 9.17) is 4.74 Å². The molecule has 1 N–H and O–H groups in total. The van der Waals surface area contributed by atoms with Crippen molar-refractivity contribution in [3.8, 4) is 0 Å². The molecule has 0 bridgehead atoms. The molecule has 2 heterocycles. The van der Waals surface area contributed by atoms with Gasteiger partial charge in [0.25, 0.3) is 5.91 Å². The second-order valence-electron chi connectivity index (χ2n) is 7.28. The fourth-order valence-electron chi connectivity index (χ4n) is 3.97. The standard InChI is InChI=1S/C18H24N2O6S/c1-26-12-18(17(22)23)7-3-8-19(11-18)16(21)14-4-5-15-13(10-14)6-9-20(15)27(2,24)25/h4-5,10H,3,6-9,11-12H2,1-2H3,(H,22,23). The number of likely N-dealkylation sites (tertiary alicyclic amines) is 1. The summed E-state index contributed by atoms with van der Waals surface area (Å²) in [5, 5.41) is 9.64. The molecule has 3 rings (SSSR count). The highest BCUT2D eigenvalue weighted by Gasteiger charge is 2.44. The first-order chi connectivity index (χ1) is 12.7. The summed E-state index contributed by atoms with van der Waals surface area (Å²) in [6, 6.07) is 4.98. The van der Waals surface area contributed by atoms with E-state index in [2.05, 4.69) is 0 Å². The van der Waals surface area contributed by atoms with E-state index < -0.39 is 21.4 Å². The zero-order valence-corrected chi connectivity index (χ0v) is 16.3. The number of hydrogen-bond donors (Lipinski definition) is 1. The van der Waals surface area contributed by atoms with Gasteiger partial charge < -0.3 is 14.7 Å². The van der Waals surface area contributed by atoms with Gasteiger partial charge in [-0.3, -0.25) is 13.9 Å². The Morgan fingerprint density at radius 2 is 2.04 bits per heavy atom. The largest absolute Gasteiger partial charge is 0.481 e. The minimum Gasteiger partial charge on any atom is -0.481 e. The molecule has 0 aromatic heterocycles. The molecule has 2 aliphatic heterocycles. The van der Waals surface area contributed by atoms with Crippen LogP contribution < -0.4 is 4.31 Å². The van der Waals surface area contributed by atoms with Gasteiger partial charge in [-0.2, -0.15) is 0 Å². The Kier molecular flexibility index (Phi) is 5.18. The number of carbonyl (C=O) groups excluding carboxylic acids is 1. The molecular weight excluding hydrogens is 372 g/mol. The summed E-state index contributed by atoms with van der Waals surface area (Å²) in [5.41, 5.74) is 0.770. The SMILES string of the molecule is COCC1(C(=O)O)CCCN(C(=O)c2ccc3c(c2)CCN3S(C)(=O)=O)C1. The van der Waals surface area contributed by atoms with Gasteiger partial charge >= 0.3 is 5.97 Å². The molecule has 0 saturated carbocycles. The van der Waals surface area contributed by atoms with E-state index >= 15 is 0 Å². The molecule has 0 radical (unpaired) electrons. The zero-order valence-electron chi connectivity index (χ0n) is 15.5. The Morgan fingerprint density at radius 3 is 2.67 bits per heavy atom. The van der Waals surface area contributed by atoms with E-state index in [9.17, 15) is 23.1 Å². The van der Waals surface area contributed by atoms with E-state index in [1.54, 1.807) is 23.1 Å². The topological polar surface area (TPSA) is 104 Å². The van der Waals surface area contributed by atoms with Gasteiger partial charge in [0.1, 0.15) is 5.41 Å². The highest BCUT2D eigenvalue weighted by atomic mass is 32.2. The van der Waals surface area contributed by atoms with Crippen LogP contribution in [0.5, 0.6) is 0 Å². The van der Waals surface area contributed by atoms with Crippen molar-refractivity contribution in [1.29, 1.82) is 0 Å². The van der Waals surface area contributed by atoms with Crippen LogP contribution in [0, 0.1) is 5.41 Å². The van der Waals surface area contributed by atoms with E-state index in [0.29, 0.717) is 43.6 Å². The van der Waals surface area contributed by atoms with Crippen molar-refractivity contribution in [2.24, 2.45) is 5.41 Å². The third-order valence-electron chi connectivity index (χ3n) is 5.32. The van der Waals surface area contributed by atoms with Gasteiger partial charge in [0, 0.05) is 32.3 Å². The highest BCUT2D eigenvalue weighted by Crippen LogP contribution is 2.34. The third-order valence-corrected chi connectivity index (χ3v) is 6.50. The number of carboxylic acids is 1. The lowest BCUT2D eigenvalue weighted by atomic mass is 9.80. The number of aliphatic carboxylic acids is 1. The average Bonchev–Trinajstić information content (AvgIpc) is 3.05. The molecule has 1 saturated heterocycles. The number of rotatable bonds is 5. The molecule has 0 aliphatic carbocycles. The summed E-state index contributed by atoms with van der Waals surface area (Å²) < 4.78 is 30.1. The monoisotopic (exact) mass is 396 g/mol. The molecule has 27 heavy (non-hydrogen) atoms. The zero-order chi connectivity index (χ0) is 19.8. The maximum absolute atomic E-state index is 13.0. The molecule has 1 aromatic carbocycles. The number of sulfonamides is 1. The van der Waals surface area contributed by atoms with Crippen LogP contribution in [0.3, 0.4) is 0 Å². The molecule has 1 aromatic rings. The van der Waals surface area contributed by atoms with Crippen LogP contribution in [0.25, 0.3) is 0 Å². The molecule has 8 nitrogen and oxygen atoms in total. The van der Waals surface area contributed by atoms with Gasteiger partial charge in [-0.15, -0.1) is 0 Å². The van der Waals surface area contributed by atoms with Crippen molar-refractivity contribution in [2.45, 2.75) is 19.3 Å². The van der Waals surface area contributed by atoms with Crippen molar-refractivity contribution in [3.05, 3.63) is 29.3 Å². The molecule has 2 aliphatic rings. The van der Waals surface area contributed by atoms with Crippen molar-refractivity contribution in [2.75, 3.05) is 43.9 Å². The van der Waals surface area contributed by atoms with Crippen LogP contribution in [-0.2, 0) is 26.0 Å². The van der Waals surface area contributed by atoms with E-state index in [0.717, 1.165) is 11.8 Å². The number of fused-ring (bicyclic) bond motifs is 1. The summed E-state index contributed by atoms with van der Waals surface area (Å²) in [7, 11) is -1.88. The predicted molar refractivity (Wildman–Crippen MR) is 99.4 cm³/mol. The number of anilines is 1. The normalized spacial score (nSPS) is 22.6.